The average Bonchev–Trinajstić information content (AvgIpc) is 2.57. The third-order valence-corrected chi connectivity index (χ3v) is 3.19. The first kappa shape index (κ1) is 18.4. The van der Waals surface area contributed by atoms with E-state index < -0.39 is 5.82 Å². The van der Waals surface area contributed by atoms with Crippen molar-refractivity contribution in [3.63, 3.8) is 0 Å². The maximum atomic E-state index is 13.5. The molecule has 132 valence electrons. The molecular formula is C19H21FN2O3. The molecule has 0 aliphatic rings. The van der Waals surface area contributed by atoms with Crippen LogP contribution in [0.15, 0.2) is 42.6 Å². The zero-order valence-electron chi connectivity index (χ0n) is 14.5. The number of carbonyl (C=O) groups is 1. The van der Waals surface area contributed by atoms with Crippen molar-refractivity contribution in [3.05, 3.63) is 54.0 Å². The normalized spacial score (nSPS) is 12.0. The van der Waals surface area contributed by atoms with Gasteiger partial charge in [0, 0.05) is 31.3 Å². The lowest BCUT2D eigenvalue weighted by atomic mass is 10.2. The lowest BCUT2D eigenvalue weighted by molar-refractivity contribution is -0.119. The molecule has 25 heavy (non-hydrogen) atoms. The van der Waals surface area contributed by atoms with Crippen molar-refractivity contribution in [1.29, 1.82) is 0 Å². The van der Waals surface area contributed by atoms with E-state index in [4.69, 9.17) is 9.47 Å². The Hall–Kier alpha value is -2.89. The molecule has 0 spiro atoms. The van der Waals surface area contributed by atoms with Gasteiger partial charge in [0.05, 0.1) is 6.61 Å². The summed E-state index contributed by atoms with van der Waals surface area (Å²) in [6.45, 7) is 5.52. The van der Waals surface area contributed by atoms with Gasteiger partial charge in [-0.1, -0.05) is 12.2 Å². The summed E-state index contributed by atoms with van der Waals surface area (Å²) in [5.41, 5.74) is 0.874. The van der Waals surface area contributed by atoms with Gasteiger partial charge in [0.25, 0.3) is 0 Å². The minimum absolute atomic E-state index is 0.0652. The van der Waals surface area contributed by atoms with Gasteiger partial charge in [-0.25, -0.2) is 9.37 Å². The number of nitrogens with zero attached hydrogens (tertiary/aromatic N) is 1. The SMILES string of the molecule is CCOc1cc(Oc2ccc(C=C[C@H](C)NC(C)=O)cn2)ccc1F. The second-order valence-electron chi connectivity index (χ2n) is 5.41. The number of pyridine rings is 1. The van der Waals surface area contributed by atoms with Crippen LogP contribution in [0.3, 0.4) is 0 Å². The van der Waals surface area contributed by atoms with E-state index in [9.17, 15) is 9.18 Å². The summed E-state index contributed by atoms with van der Waals surface area (Å²) < 4.78 is 24.4. The predicted octanol–water partition coefficient (Wildman–Crippen LogP) is 3.95. The van der Waals surface area contributed by atoms with E-state index in [-0.39, 0.29) is 17.7 Å². The Kier molecular flexibility index (Phi) is 6.51. The first-order valence-electron chi connectivity index (χ1n) is 7.99. The van der Waals surface area contributed by atoms with E-state index in [1.54, 1.807) is 19.2 Å². The van der Waals surface area contributed by atoms with Crippen molar-refractivity contribution in [1.82, 2.24) is 10.3 Å². The monoisotopic (exact) mass is 344 g/mol. The molecule has 5 nitrogen and oxygen atoms in total. The molecule has 0 radical (unpaired) electrons. The average molecular weight is 344 g/mol. The first-order chi connectivity index (χ1) is 12.0. The second kappa shape index (κ2) is 8.82. The summed E-state index contributed by atoms with van der Waals surface area (Å²) in [5, 5.41) is 2.76. The summed E-state index contributed by atoms with van der Waals surface area (Å²) in [4.78, 5) is 15.2. The van der Waals surface area contributed by atoms with Crippen molar-refractivity contribution < 1.29 is 18.7 Å². The number of hydrogen-bond donors (Lipinski definition) is 1. The molecule has 1 aromatic carbocycles. The van der Waals surface area contributed by atoms with E-state index in [0.29, 0.717) is 18.2 Å². The van der Waals surface area contributed by atoms with Crippen LogP contribution in [0, 0.1) is 5.82 Å². The molecule has 2 aromatic rings. The Morgan fingerprint density at radius 1 is 1.36 bits per heavy atom. The summed E-state index contributed by atoms with van der Waals surface area (Å²) >= 11 is 0. The standard InChI is InChI=1S/C19H21FN2O3/c1-4-24-18-11-16(8-9-17(18)20)25-19-10-7-15(12-21-19)6-5-13(2)22-14(3)23/h5-13H,4H2,1-3H3,(H,22,23)/t13-/m0/s1. The fourth-order valence-electron chi connectivity index (χ4n) is 2.11. The molecule has 0 saturated carbocycles. The highest BCUT2D eigenvalue weighted by atomic mass is 19.1. The van der Waals surface area contributed by atoms with E-state index >= 15 is 0 Å². The highest BCUT2D eigenvalue weighted by molar-refractivity contribution is 5.73. The molecule has 2 rings (SSSR count). The topological polar surface area (TPSA) is 60.5 Å². The van der Waals surface area contributed by atoms with Crippen LogP contribution in [0.4, 0.5) is 4.39 Å². The first-order valence-corrected chi connectivity index (χ1v) is 7.99. The number of hydrogen-bond acceptors (Lipinski definition) is 4. The van der Waals surface area contributed by atoms with Crippen LogP contribution in [-0.2, 0) is 4.79 Å². The molecule has 1 atom stereocenters. The minimum Gasteiger partial charge on any atom is -0.491 e. The number of benzene rings is 1. The Balaban J connectivity index is 2.02. The quantitative estimate of drug-likeness (QED) is 0.826. The van der Waals surface area contributed by atoms with Crippen molar-refractivity contribution >= 4 is 12.0 Å². The molecule has 1 amide bonds. The van der Waals surface area contributed by atoms with Crippen molar-refractivity contribution in [2.24, 2.45) is 0 Å². The summed E-state index contributed by atoms with van der Waals surface area (Å²) in [6, 6.07) is 7.79. The highest BCUT2D eigenvalue weighted by Gasteiger charge is 2.06. The van der Waals surface area contributed by atoms with Crippen LogP contribution in [-0.4, -0.2) is 23.5 Å². The van der Waals surface area contributed by atoms with Crippen LogP contribution in [0.2, 0.25) is 0 Å². The molecule has 0 aliphatic heterocycles. The Bertz CT molecular complexity index is 745. The molecule has 1 N–H and O–H groups in total. The largest absolute Gasteiger partial charge is 0.491 e. The van der Waals surface area contributed by atoms with Crippen LogP contribution >= 0.6 is 0 Å². The zero-order chi connectivity index (χ0) is 18.2. The zero-order valence-corrected chi connectivity index (χ0v) is 14.5. The number of nitrogens with one attached hydrogen (secondary N) is 1. The molecule has 1 aromatic heterocycles. The number of halogens is 1. The van der Waals surface area contributed by atoms with E-state index in [1.807, 2.05) is 25.1 Å². The molecule has 0 saturated heterocycles. The molecular weight excluding hydrogens is 323 g/mol. The van der Waals surface area contributed by atoms with Crippen molar-refractivity contribution in [2.75, 3.05) is 6.61 Å². The third-order valence-electron chi connectivity index (χ3n) is 3.19. The van der Waals surface area contributed by atoms with Crippen molar-refractivity contribution in [2.45, 2.75) is 26.8 Å². The van der Waals surface area contributed by atoms with Gasteiger partial charge in [0.1, 0.15) is 5.75 Å². The third kappa shape index (κ3) is 5.91. The molecule has 0 unspecified atom stereocenters. The molecule has 1 heterocycles. The summed E-state index contributed by atoms with van der Waals surface area (Å²) in [6.07, 6.45) is 5.38. The molecule has 0 bridgehead atoms. The van der Waals surface area contributed by atoms with Gasteiger partial charge in [-0.15, -0.1) is 0 Å². The van der Waals surface area contributed by atoms with E-state index in [0.717, 1.165) is 5.56 Å². The maximum absolute atomic E-state index is 13.5. The minimum atomic E-state index is -0.434. The van der Waals surface area contributed by atoms with Gasteiger partial charge in [-0.05, 0) is 37.6 Å². The second-order valence-corrected chi connectivity index (χ2v) is 5.41. The summed E-state index contributed by atoms with van der Waals surface area (Å²) in [7, 11) is 0. The number of ether oxygens (including phenoxy) is 2. The number of aromatic nitrogens is 1. The molecule has 6 heteroatoms. The fourth-order valence-corrected chi connectivity index (χ4v) is 2.11. The van der Waals surface area contributed by atoms with Gasteiger partial charge in [0.15, 0.2) is 11.6 Å². The Labute approximate surface area is 146 Å². The smallest absolute Gasteiger partial charge is 0.219 e. The van der Waals surface area contributed by atoms with Crippen LogP contribution in [0.5, 0.6) is 17.4 Å². The maximum Gasteiger partial charge on any atom is 0.219 e. The van der Waals surface area contributed by atoms with E-state index in [1.165, 1.54) is 25.1 Å². The Morgan fingerprint density at radius 2 is 2.16 bits per heavy atom. The van der Waals surface area contributed by atoms with Crippen LogP contribution in [0.1, 0.15) is 26.3 Å². The predicted molar refractivity (Wildman–Crippen MR) is 94.2 cm³/mol. The van der Waals surface area contributed by atoms with Gasteiger partial charge >= 0.3 is 0 Å². The lowest BCUT2D eigenvalue weighted by Crippen LogP contribution is -2.28. The van der Waals surface area contributed by atoms with Crippen LogP contribution < -0.4 is 14.8 Å². The number of rotatable bonds is 7. The molecule has 0 aliphatic carbocycles. The lowest BCUT2D eigenvalue weighted by Gasteiger charge is -2.09. The number of amides is 1. The van der Waals surface area contributed by atoms with Gasteiger partial charge in [-0.3, -0.25) is 4.79 Å². The van der Waals surface area contributed by atoms with Gasteiger partial charge in [0.2, 0.25) is 11.8 Å². The van der Waals surface area contributed by atoms with Crippen molar-refractivity contribution in [3.8, 4) is 17.4 Å². The molecule has 0 fully saturated rings. The summed E-state index contributed by atoms with van der Waals surface area (Å²) in [5.74, 6) is 0.466. The van der Waals surface area contributed by atoms with Crippen LogP contribution in [0.25, 0.3) is 6.08 Å². The number of carbonyl (C=O) groups excluding carboxylic acids is 1. The fraction of sp³-hybridized carbons (Fsp3) is 0.263. The Morgan fingerprint density at radius 3 is 2.80 bits per heavy atom. The van der Waals surface area contributed by atoms with E-state index in [2.05, 4.69) is 10.3 Å². The van der Waals surface area contributed by atoms with Gasteiger partial charge < -0.3 is 14.8 Å². The van der Waals surface area contributed by atoms with Gasteiger partial charge in [-0.2, -0.15) is 0 Å². The highest BCUT2D eigenvalue weighted by Crippen LogP contribution is 2.26.